The summed E-state index contributed by atoms with van der Waals surface area (Å²) in [7, 11) is -3.67. The van der Waals surface area contributed by atoms with Gasteiger partial charge in [0.1, 0.15) is 6.10 Å². The SMILES string of the molecule is CS(=O)(=O)O.O=C(OC1CC2CC3CC(C1)N2CC3O)c1c[nH]c2ccccc12. The summed E-state index contributed by atoms with van der Waals surface area (Å²) in [5, 5.41) is 11.0. The first-order chi connectivity index (χ1) is 13.7. The molecule has 3 atom stereocenters. The van der Waals surface area contributed by atoms with Crippen LogP contribution in [0.5, 0.6) is 0 Å². The predicted molar refractivity (Wildman–Crippen MR) is 107 cm³/mol. The topological polar surface area (TPSA) is 120 Å². The van der Waals surface area contributed by atoms with E-state index in [0.717, 1.165) is 43.1 Å². The number of carbonyl (C=O) groups excluding carboxylic acids is 1. The number of carbonyl (C=O) groups is 1. The number of aromatic amines is 1. The van der Waals surface area contributed by atoms with Gasteiger partial charge in [0.25, 0.3) is 10.1 Å². The third kappa shape index (κ3) is 4.48. The summed E-state index contributed by atoms with van der Waals surface area (Å²) in [5.41, 5.74) is 1.58. The number of H-pyrrole nitrogens is 1. The Bertz CT molecular complexity index is 979. The van der Waals surface area contributed by atoms with Crippen LogP contribution in [0.3, 0.4) is 0 Å². The fourth-order valence-electron chi connectivity index (χ4n) is 5.06. The highest BCUT2D eigenvalue weighted by molar-refractivity contribution is 7.85. The maximum Gasteiger partial charge on any atom is 0.340 e. The molecule has 0 spiro atoms. The van der Waals surface area contributed by atoms with Gasteiger partial charge in [0, 0.05) is 48.6 Å². The van der Waals surface area contributed by atoms with Crippen molar-refractivity contribution in [2.75, 3.05) is 12.8 Å². The van der Waals surface area contributed by atoms with Crippen molar-refractivity contribution < 1.29 is 27.6 Å². The molecule has 1 aromatic carbocycles. The molecule has 4 bridgehead atoms. The molecule has 6 rings (SSSR count). The number of rotatable bonds is 2. The van der Waals surface area contributed by atoms with Gasteiger partial charge in [-0.15, -0.1) is 0 Å². The van der Waals surface area contributed by atoms with Gasteiger partial charge in [0.05, 0.1) is 17.9 Å². The monoisotopic (exact) mass is 422 g/mol. The second kappa shape index (κ2) is 7.71. The number of hydrogen-bond acceptors (Lipinski definition) is 6. The van der Waals surface area contributed by atoms with E-state index >= 15 is 0 Å². The van der Waals surface area contributed by atoms with Crippen LogP contribution in [-0.4, -0.2) is 71.0 Å². The van der Waals surface area contributed by atoms with Crippen LogP contribution in [0.1, 0.15) is 36.0 Å². The number of fused-ring (bicyclic) bond motifs is 2. The van der Waals surface area contributed by atoms with E-state index in [1.807, 2.05) is 24.3 Å². The lowest BCUT2D eigenvalue weighted by Gasteiger charge is -2.56. The molecule has 2 aromatic rings. The Kier molecular flexibility index (Phi) is 5.41. The van der Waals surface area contributed by atoms with E-state index in [9.17, 15) is 18.3 Å². The molecule has 4 aliphatic heterocycles. The zero-order valence-corrected chi connectivity index (χ0v) is 17.0. The quantitative estimate of drug-likeness (QED) is 0.499. The van der Waals surface area contributed by atoms with E-state index in [-0.39, 0.29) is 18.2 Å². The van der Waals surface area contributed by atoms with Gasteiger partial charge < -0.3 is 14.8 Å². The Labute approximate surface area is 169 Å². The van der Waals surface area contributed by atoms with Crippen molar-refractivity contribution in [1.82, 2.24) is 9.88 Å². The molecule has 1 aromatic heterocycles. The zero-order valence-electron chi connectivity index (χ0n) is 16.2. The number of nitrogens with zero attached hydrogens (tertiary/aromatic N) is 1. The third-order valence-electron chi connectivity index (χ3n) is 6.18. The first-order valence-corrected chi connectivity index (χ1v) is 11.7. The fraction of sp³-hybridized carbons (Fsp3) is 0.550. The van der Waals surface area contributed by atoms with Crippen LogP contribution in [-0.2, 0) is 14.9 Å². The molecule has 9 heteroatoms. The van der Waals surface area contributed by atoms with Crippen molar-refractivity contribution in [3.63, 3.8) is 0 Å². The lowest BCUT2D eigenvalue weighted by Crippen LogP contribution is -2.64. The highest BCUT2D eigenvalue weighted by atomic mass is 32.2. The second-order valence-electron chi connectivity index (χ2n) is 8.28. The summed E-state index contributed by atoms with van der Waals surface area (Å²) >= 11 is 0. The van der Waals surface area contributed by atoms with Crippen molar-refractivity contribution >= 4 is 27.0 Å². The molecular weight excluding hydrogens is 396 g/mol. The molecule has 0 saturated carbocycles. The number of ether oxygens (including phenoxy) is 1. The van der Waals surface area contributed by atoms with Gasteiger partial charge in [-0.25, -0.2) is 4.79 Å². The summed E-state index contributed by atoms with van der Waals surface area (Å²) in [5.74, 6) is 0.216. The molecule has 158 valence electrons. The molecule has 4 saturated heterocycles. The minimum absolute atomic E-state index is 0.00592. The molecule has 0 amide bonds. The minimum Gasteiger partial charge on any atom is -0.459 e. The van der Waals surface area contributed by atoms with E-state index in [4.69, 9.17) is 9.29 Å². The molecule has 3 N–H and O–H groups in total. The van der Waals surface area contributed by atoms with Gasteiger partial charge in [-0.3, -0.25) is 9.45 Å². The summed E-state index contributed by atoms with van der Waals surface area (Å²) < 4.78 is 31.7. The van der Waals surface area contributed by atoms with Crippen LogP contribution in [0, 0.1) is 5.92 Å². The number of para-hydroxylation sites is 1. The van der Waals surface area contributed by atoms with Crippen molar-refractivity contribution in [3.8, 4) is 0 Å². The van der Waals surface area contributed by atoms with E-state index in [0.29, 0.717) is 29.8 Å². The van der Waals surface area contributed by atoms with Crippen molar-refractivity contribution in [1.29, 1.82) is 0 Å². The average Bonchev–Trinajstić information content (AvgIpc) is 3.04. The average molecular weight is 423 g/mol. The number of aromatic nitrogens is 1. The van der Waals surface area contributed by atoms with Gasteiger partial charge >= 0.3 is 5.97 Å². The number of nitrogens with one attached hydrogen (secondary N) is 1. The van der Waals surface area contributed by atoms with Gasteiger partial charge in [0.2, 0.25) is 0 Å². The lowest BCUT2D eigenvalue weighted by atomic mass is 9.71. The first-order valence-electron chi connectivity index (χ1n) is 9.82. The van der Waals surface area contributed by atoms with E-state index in [1.165, 1.54) is 0 Å². The summed E-state index contributed by atoms with van der Waals surface area (Å²) in [4.78, 5) is 18.2. The Morgan fingerprint density at radius 1 is 1.17 bits per heavy atom. The van der Waals surface area contributed by atoms with Crippen LogP contribution in [0.2, 0.25) is 0 Å². The number of benzene rings is 1. The molecule has 29 heavy (non-hydrogen) atoms. The van der Waals surface area contributed by atoms with Crippen molar-refractivity contribution in [2.45, 2.75) is 50.0 Å². The van der Waals surface area contributed by atoms with E-state index in [1.54, 1.807) is 6.20 Å². The maximum atomic E-state index is 12.6. The van der Waals surface area contributed by atoms with Crippen molar-refractivity contribution in [2.24, 2.45) is 5.92 Å². The molecule has 0 radical (unpaired) electrons. The van der Waals surface area contributed by atoms with Crippen LogP contribution < -0.4 is 0 Å². The smallest absolute Gasteiger partial charge is 0.340 e. The number of aliphatic hydroxyl groups excluding tert-OH is 1. The second-order valence-corrected chi connectivity index (χ2v) is 9.75. The summed E-state index contributed by atoms with van der Waals surface area (Å²) in [6, 6.07) is 8.73. The lowest BCUT2D eigenvalue weighted by molar-refractivity contribution is -0.130. The number of piperidine rings is 4. The highest BCUT2D eigenvalue weighted by Gasteiger charge is 2.49. The standard InChI is InChI=1S/C19H22N2O3.CH4O3S/c22-18-10-21-12-5-11(18)6-13(21)8-14(7-12)24-19(23)16-9-20-17-4-2-1-3-15(16)17;1-5(2,3)4/h1-4,9,11-14,18,20,22H,5-8,10H2;1H3,(H,2,3,4). The normalized spacial score (nSPS) is 33.1. The molecule has 0 aliphatic carbocycles. The Hall–Kier alpha value is -1.94. The molecule has 8 nitrogen and oxygen atoms in total. The van der Waals surface area contributed by atoms with E-state index < -0.39 is 10.1 Å². The maximum absolute atomic E-state index is 12.6. The van der Waals surface area contributed by atoms with Gasteiger partial charge in [0.15, 0.2) is 0 Å². The third-order valence-corrected chi connectivity index (χ3v) is 6.18. The largest absolute Gasteiger partial charge is 0.459 e. The predicted octanol–water partition coefficient (Wildman–Crippen LogP) is 1.81. The van der Waals surface area contributed by atoms with Crippen LogP contribution >= 0.6 is 0 Å². The first kappa shape index (κ1) is 20.3. The minimum atomic E-state index is -3.67. The van der Waals surface area contributed by atoms with Gasteiger partial charge in [-0.05, 0) is 24.8 Å². The zero-order chi connectivity index (χ0) is 20.8. The molecular formula is C20H26N2O6S. The summed E-state index contributed by atoms with van der Waals surface area (Å²) in [6.45, 7) is 0.795. The number of esters is 1. The Morgan fingerprint density at radius 2 is 1.79 bits per heavy atom. The number of aliphatic hydroxyl groups is 1. The molecule has 5 heterocycles. The highest BCUT2D eigenvalue weighted by Crippen LogP contribution is 2.43. The Balaban J connectivity index is 0.000000369. The van der Waals surface area contributed by atoms with Crippen LogP contribution in [0.25, 0.3) is 10.9 Å². The summed E-state index contributed by atoms with van der Waals surface area (Å²) in [6.07, 6.45) is 6.17. The van der Waals surface area contributed by atoms with Gasteiger partial charge in [-0.1, -0.05) is 18.2 Å². The van der Waals surface area contributed by atoms with Gasteiger partial charge in [-0.2, -0.15) is 8.42 Å². The Morgan fingerprint density at radius 3 is 2.41 bits per heavy atom. The molecule has 4 fully saturated rings. The molecule has 3 unspecified atom stereocenters. The molecule has 4 aliphatic rings. The number of hydrogen-bond donors (Lipinski definition) is 3. The van der Waals surface area contributed by atoms with Crippen LogP contribution in [0.15, 0.2) is 30.5 Å². The van der Waals surface area contributed by atoms with Crippen LogP contribution in [0.4, 0.5) is 0 Å². The fourth-order valence-corrected chi connectivity index (χ4v) is 5.06. The van der Waals surface area contributed by atoms with E-state index in [2.05, 4.69) is 9.88 Å². The van der Waals surface area contributed by atoms with Crippen molar-refractivity contribution in [3.05, 3.63) is 36.0 Å².